The van der Waals surface area contributed by atoms with E-state index in [1.807, 2.05) is 31.2 Å². The summed E-state index contributed by atoms with van der Waals surface area (Å²) in [7, 11) is 0. The molecule has 0 N–H and O–H groups in total. The van der Waals surface area contributed by atoms with E-state index in [0.717, 1.165) is 25.0 Å². The number of allylic oxidation sites excluding steroid dienone is 2. The number of carbonyl (C=O) groups is 1. The molecule has 0 saturated heterocycles. The van der Waals surface area contributed by atoms with Crippen LogP contribution >= 0.6 is 0 Å². The lowest BCUT2D eigenvalue weighted by molar-refractivity contribution is -0.129. The van der Waals surface area contributed by atoms with E-state index in [9.17, 15) is 4.79 Å². The van der Waals surface area contributed by atoms with Crippen molar-refractivity contribution in [3.63, 3.8) is 0 Å². The van der Waals surface area contributed by atoms with Crippen molar-refractivity contribution in [3.8, 4) is 0 Å². The summed E-state index contributed by atoms with van der Waals surface area (Å²) in [5, 5.41) is 0. The van der Waals surface area contributed by atoms with Gasteiger partial charge in [0.2, 0.25) is 0 Å². The second-order valence-electron chi connectivity index (χ2n) is 4.45. The topological polar surface area (TPSA) is 26.3 Å². The van der Waals surface area contributed by atoms with E-state index in [2.05, 4.69) is 12.1 Å². The molecule has 1 unspecified atom stereocenters. The first kappa shape index (κ1) is 11.9. The van der Waals surface area contributed by atoms with Crippen LogP contribution in [-0.4, -0.2) is 11.9 Å². The molecule has 0 radical (unpaired) electrons. The van der Waals surface area contributed by atoms with Gasteiger partial charge in [-0.1, -0.05) is 30.3 Å². The minimum Gasteiger partial charge on any atom is -0.488 e. The van der Waals surface area contributed by atoms with E-state index in [4.69, 9.17) is 4.74 Å². The first-order chi connectivity index (χ1) is 8.25. The number of hydrogen-bond acceptors (Lipinski definition) is 2. The Morgan fingerprint density at radius 2 is 2.12 bits per heavy atom. The highest BCUT2D eigenvalue weighted by Crippen LogP contribution is 2.18. The van der Waals surface area contributed by atoms with Crippen LogP contribution in [0.2, 0.25) is 0 Å². The third kappa shape index (κ3) is 3.45. The maximum Gasteiger partial charge on any atom is 0.173 e. The van der Waals surface area contributed by atoms with Gasteiger partial charge in [-0.15, -0.1) is 0 Å². The van der Waals surface area contributed by atoms with E-state index in [1.165, 1.54) is 5.56 Å². The van der Waals surface area contributed by atoms with E-state index in [-0.39, 0.29) is 11.9 Å². The van der Waals surface area contributed by atoms with Crippen LogP contribution in [0, 0.1) is 0 Å². The molecule has 2 nitrogen and oxygen atoms in total. The molecule has 2 rings (SSSR count). The molecule has 0 amide bonds. The largest absolute Gasteiger partial charge is 0.488 e. The minimum absolute atomic E-state index is 0.219. The smallest absolute Gasteiger partial charge is 0.173 e. The van der Waals surface area contributed by atoms with Gasteiger partial charge in [0.25, 0.3) is 0 Å². The summed E-state index contributed by atoms with van der Waals surface area (Å²) in [6, 6.07) is 10.1. The fourth-order valence-electron chi connectivity index (χ4n) is 2.07. The molecule has 0 bridgehead atoms. The van der Waals surface area contributed by atoms with Gasteiger partial charge in [-0.25, -0.2) is 0 Å². The van der Waals surface area contributed by atoms with Crippen molar-refractivity contribution in [3.05, 3.63) is 47.7 Å². The number of carbonyl (C=O) groups excluding carboxylic acids is 1. The van der Waals surface area contributed by atoms with Crippen molar-refractivity contribution >= 4 is 5.78 Å². The molecule has 1 aliphatic heterocycles. The van der Waals surface area contributed by atoms with E-state index >= 15 is 0 Å². The fourth-order valence-corrected chi connectivity index (χ4v) is 2.07. The summed E-state index contributed by atoms with van der Waals surface area (Å²) in [4.78, 5) is 12.0. The third-order valence-electron chi connectivity index (χ3n) is 3.05. The van der Waals surface area contributed by atoms with Crippen LogP contribution in [0.15, 0.2) is 42.2 Å². The van der Waals surface area contributed by atoms with Crippen LogP contribution in [0.4, 0.5) is 0 Å². The van der Waals surface area contributed by atoms with Gasteiger partial charge < -0.3 is 4.74 Å². The lowest BCUT2D eigenvalue weighted by Crippen LogP contribution is -2.26. The standard InChI is InChI=1S/C15H18O2/c1-12-6-5-9-15(17-12)14(16)11-10-13-7-3-2-4-8-13/h2-4,6-8,15H,5,9-11H2,1H3. The quantitative estimate of drug-likeness (QED) is 0.793. The predicted molar refractivity (Wildman–Crippen MR) is 67.6 cm³/mol. The Hall–Kier alpha value is -1.57. The molecule has 0 saturated carbocycles. The number of ether oxygens (including phenoxy) is 1. The maximum atomic E-state index is 12.0. The molecule has 0 fully saturated rings. The van der Waals surface area contributed by atoms with Crippen LogP contribution in [0.3, 0.4) is 0 Å². The normalized spacial score (nSPS) is 19.4. The van der Waals surface area contributed by atoms with Crippen molar-refractivity contribution in [1.29, 1.82) is 0 Å². The van der Waals surface area contributed by atoms with Gasteiger partial charge in [0.15, 0.2) is 11.9 Å². The van der Waals surface area contributed by atoms with Gasteiger partial charge in [-0.05, 0) is 37.8 Å². The fraction of sp³-hybridized carbons (Fsp3) is 0.400. The SMILES string of the molecule is CC1=CCCC(C(=O)CCc2ccccc2)O1. The average molecular weight is 230 g/mol. The lowest BCUT2D eigenvalue weighted by atomic mass is 10.0. The van der Waals surface area contributed by atoms with Crippen LogP contribution in [-0.2, 0) is 16.0 Å². The summed E-state index contributed by atoms with van der Waals surface area (Å²) in [5.41, 5.74) is 1.21. The zero-order valence-electron chi connectivity index (χ0n) is 10.2. The molecule has 90 valence electrons. The third-order valence-corrected chi connectivity index (χ3v) is 3.05. The highest BCUT2D eigenvalue weighted by molar-refractivity contribution is 5.83. The lowest BCUT2D eigenvalue weighted by Gasteiger charge is -2.21. The number of rotatable bonds is 4. The Kier molecular flexibility index (Phi) is 3.97. The van der Waals surface area contributed by atoms with Gasteiger partial charge in [-0.3, -0.25) is 4.79 Å². The number of hydrogen-bond donors (Lipinski definition) is 0. The Labute approximate surface area is 102 Å². The molecule has 2 heteroatoms. The van der Waals surface area contributed by atoms with Gasteiger partial charge in [0, 0.05) is 6.42 Å². The highest BCUT2D eigenvalue weighted by atomic mass is 16.5. The Bertz CT molecular complexity index is 406. The number of ketones is 1. The molecular weight excluding hydrogens is 212 g/mol. The van der Waals surface area contributed by atoms with Crippen LogP contribution in [0.25, 0.3) is 0 Å². The van der Waals surface area contributed by atoms with Crippen molar-refractivity contribution in [2.75, 3.05) is 0 Å². The molecular formula is C15H18O2. The van der Waals surface area contributed by atoms with Gasteiger partial charge in [-0.2, -0.15) is 0 Å². The molecule has 17 heavy (non-hydrogen) atoms. The van der Waals surface area contributed by atoms with Gasteiger partial charge in [0.1, 0.15) is 0 Å². The Balaban J connectivity index is 1.84. The minimum atomic E-state index is -0.219. The summed E-state index contributed by atoms with van der Waals surface area (Å²) >= 11 is 0. The second kappa shape index (κ2) is 5.67. The Morgan fingerprint density at radius 1 is 1.35 bits per heavy atom. The van der Waals surface area contributed by atoms with E-state index in [1.54, 1.807) is 0 Å². The van der Waals surface area contributed by atoms with Crippen LogP contribution in [0.5, 0.6) is 0 Å². The second-order valence-corrected chi connectivity index (χ2v) is 4.45. The molecule has 1 atom stereocenters. The molecule has 0 aromatic heterocycles. The van der Waals surface area contributed by atoms with Crippen molar-refractivity contribution in [2.24, 2.45) is 0 Å². The molecule has 1 aromatic rings. The summed E-state index contributed by atoms with van der Waals surface area (Å²) in [6.07, 6.45) is 4.98. The van der Waals surface area contributed by atoms with E-state index in [0.29, 0.717) is 6.42 Å². The maximum absolute atomic E-state index is 12.0. The van der Waals surface area contributed by atoms with Crippen molar-refractivity contribution in [1.82, 2.24) is 0 Å². The molecule has 0 spiro atoms. The highest BCUT2D eigenvalue weighted by Gasteiger charge is 2.21. The zero-order chi connectivity index (χ0) is 12.1. The first-order valence-electron chi connectivity index (χ1n) is 6.16. The van der Waals surface area contributed by atoms with Gasteiger partial charge in [0.05, 0.1) is 5.76 Å². The van der Waals surface area contributed by atoms with Crippen LogP contribution in [0.1, 0.15) is 31.7 Å². The molecule has 1 aliphatic rings. The number of Topliss-reactive ketones (excluding diaryl/α,β-unsaturated/α-hetero) is 1. The molecule has 1 aromatic carbocycles. The Morgan fingerprint density at radius 3 is 2.82 bits per heavy atom. The monoisotopic (exact) mass is 230 g/mol. The van der Waals surface area contributed by atoms with Crippen molar-refractivity contribution < 1.29 is 9.53 Å². The average Bonchev–Trinajstić information content (AvgIpc) is 2.37. The van der Waals surface area contributed by atoms with Crippen molar-refractivity contribution in [2.45, 2.75) is 38.7 Å². The van der Waals surface area contributed by atoms with E-state index < -0.39 is 0 Å². The van der Waals surface area contributed by atoms with Crippen LogP contribution < -0.4 is 0 Å². The molecule has 1 heterocycles. The summed E-state index contributed by atoms with van der Waals surface area (Å²) in [5.74, 6) is 1.11. The first-order valence-corrected chi connectivity index (χ1v) is 6.16. The summed E-state index contributed by atoms with van der Waals surface area (Å²) < 4.78 is 5.55. The number of benzene rings is 1. The van der Waals surface area contributed by atoms with Gasteiger partial charge >= 0.3 is 0 Å². The summed E-state index contributed by atoms with van der Waals surface area (Å²) in [6.45, 7) is 1.91. The molecule has 0 aliphatic carbocycles. The number of aryl methyl sites for hydroxylation is 1. The predicted octanol–water partition coefficient (Wildman–Crippen LogP) is 3.27. The zero-order valence-corrected chi connectivity index (χ0v) is 10.2.